The van der Waals surface area contributed by atoms with Gasteiger partial charge in [0.1, 0.15) is 0 Å². The Morgan fingerprint density at radius 3 is 2.09 bits per heavy atom. The van der Waals surface area contributed by atoms with Crippen LogP contribution in [0.15, 0.2) is 0 Å². The van der Waals surface area contributed by atoms with Crippen molar-refractivity contribution < 1.29 is 4.48 Å². The standard InChI is InChI=1S/C10H22N/c1-9-6-5-7-10(8-9)11(2,3)4/h9-10H,5-8H2,1-4H3/q+1. The fourth-order valence-corrected chi connectivity index (χ4v) is 2.11. The van der Waals surface area contributed by atoms with Crippen molar-refractivity contribution in [2.24, 2.45) is 5.92 Å². The Bertz CT molecular complexity index is 123. The van der Waals surface area contributed by atoms with Crippen LogP contribution in [0.25, 0.3) is 0 Å². The van der Waals surface area contributed by atoms with Gasteiger partial charge in [0, 0.05) is 6.42 Å². The Kier molecular flexibility index (Phi) is 2.58. The third-order valence-electron chi connectivity index (χ3n) is 3.00. The molecule has 0 N–H and O–H groups in total. The van der Waals surface area contributed by atoms with Crippen molar-refractivity contribution in [2.75, 3.05) is 21.1 Å². The summed E-state index contributed by atoms with van der Waals surface area (Å²) in [4.78, 5) is 0. The van der Waals surface area contributed by atoms with Gasteiger partial charge < -0.3 is 4.48 Å². The minimum Gasteiger partial charge on any atom is -0.328 e. The summed E-state index contributed by atoms with van der Waals surface area (Å²) in [5, 5.41) is 0. The molecule has 0 aromatic rings. The normalized spacial score (nSPS) is 33.8. The van der Waals surface area contributed by atoms with E-state index in [1.54, 1.807) is 0 Å². The van der Waals surface area contributed by atoms with Crippen LogP contribution in [0.5, 0.6) is 0 Å². The highest BCUT2D eigenvalue weighted by molar-refractivity contribution is 4.70. The minimum atomic E-state index is 0.916. The molecule has 1 aliphatic carbocycles. The highest BCUT2D eigenvalue weighted by atomic mass is 15.3. The van der Waals surface area contributed by atoms with Crippen LogP contribution in [0, 0.1) is 5.92 Å². The monoisotopic (exact) mass is 156 g/mol. The molecular weight excluding hydrogens is 134 g/mol. The Balaban J connectivity index is 2.46. The van der Waals surface area contributed by atoms with Gasteiger partial charge in [0.05, 0.1) is 27.2 Å². The molecule has 0 radical (unpaired) electrons. The first-order chi connectivity index (χ1) is 5.00. The second-order valence-corrected chi connectivity index (χ2v) is 5.04. The fourth-order valence-electron chi connectivity index (χ4n) is 2.11. The average Bonchev–Trinajstić information content (AvgIpc) is 1.86. The molecule has 2 atom stereocenters. The molecule has 1 saturated carbocycles. The Morgan fingerprint density at radius 1 is 1.09 bits per heavy atom. The van der Waals surface area contributed by atoms with Gasteiger partial charge in [-0.25, -0.2) is 0 Å². The first kappa shape index (κ1) is 9.05. The topological polar surface area (TPSA) is 0 Å². The summed E-state index contributed by atoms with van der Waals surface area (Å²) in [5.74, 6) is 0.964. The van der Waals surface area contributed by atoms with E-state index in [1.165, 1.54) is 25.7 Å². The summed E-state index contributed by atoms with van der Waals surface area (Å²) in [6, 6.07) is 0.916. The maximum absolute atomic E-state index is 2.39. The lowest BCUT2D eigenvalue weighted by atomic mass is 9.86. The van der Waals surface area contributed by atoms with Crippen molar-refractivity contribution in [1.82, 2.24) is 0 Å². The summed E-state index contributed by atoms with van der Waals surface area (Å²) < 4.78 is 1.16. The minimum absolute atomic E-state index is 0.916. The highest BCUT2D eigenvalue weighted by Gasteiger charge is 2.28. The highest BCUT2D eigenvalue weighted by Crippen LogP contribution is 2.28. The van der Waals surface area contributed by atoms with Crippen LogP contribution >= 0.6 is 0 Å². The van der Waals surface area contributed by atoms with E-state index >= 15 is 0 Å². The number of hydrogen-bond acceptors (Lipinski definition) is 0. The predicted molar refractivity (Wildman–Crippen MR) is 49.5 cm³/mol. The molecule has 0 aromatic carbocycles. The molecule has 1 rings (SSSR count). The molecule has 1 heteroatoms. The fraction of sp³-hybridized carbons (Fsp3) is 1.00. The van der Waals surface area contributed by atoms with Gasteiger partial charge in [-0.1, -0.05) is 13.3 Å². The van der Waals surface area contributed by atoms with Gasteiger partial charge in [0.15, 0.2) is 0 Å². The first-order valence-electron chi connectivity index (χ1n) is 4.81. The number of rotatable bonds is 1. The van der Waals surface area contributed by atoms with Crippen molar-refractivity contribution in [2.45, 2.75) is 38.6 Å². The van der Waals surface area contributed by atoms with Crippen molar-refractivity contribution in [3.8, 4) is 0 Å². The molecule has 0 bridgehead atoms. The van der Waals surface area contributed by atoms with Gasteiger partial charge in [0.2, 0.25) is 0 Å². The molecule has 1 fully saturated rings. The molecule has 1 aliphatic rings. The Hall–Kier alpha value is -0.0400. The van der Waals surface area contributed by atoms with Gasteiger partial charge in [-0.2, -0.15) is 0 Å². The predicted octanol–water partition coefficient (Wildman–Crippen LogP) is 2.27. The second-order valence-electron chi connectivity index (χ2n) is 5.04. The molecule has 0 aliphatic heterocycles. The van der Waals surface area contributed by atoms with Crippen LogP contribution in [-0.2, 0) is 0 Å². The lowest BCUT2D eigenvalue weighted by Gasteiger charge is -2.38. The molecule has 66 valence electrons. The first-order valence-corrected chi connectivity index (χ1v) is 4.81. The number of hydrogen-bond donors (Lipinski definition) is 0. The van der Waals surface area contributed by atoms with E-state index in [4.69, 9.17) is 0 Å². The van der Waals surface area contributed by atoms with Gasteiger partial charge in [-0.05, 0) is 18.8 Å². The van der Waals surface area contributed by atoms with Crippen LogP contribution in [-0.4, -0.2) is 31.7 Å². The Labute approximate surface area is 71.0 Å². The number of quaternary nitrogens is 1. The quantitative estimate of drug-likeness (QED) is 0.511. The second kappa shape index (κ2) is 3.14. The zero-order valence-electron chi connectivity index (χ0n) is 8.43. The average molecular weight is 156 g/mol. The molecule has 0 saturated heterocycles. The summed E-state index contributed by atoms with van der Waals surface area (Å²) >= 11 is 0. The van der Waals surface area contributed by atoms with E-state index in [0.29, 0.717) is 0 Å². The summed E-state index contributed by atoms with van der Waals surface area (Å²) in [5.41, 5.74) is 0. The van der Waals surface area contributed by atoms with E-state index in [9.17, 15) is 0 Å². The van der Waals surface area contributed by atoms with Crippen molar-refractivity contribution in [3.63, 3.8) is 0 Å². The molecule has 0 heterocycles. The lowest BCUT2D eigenvalue weighted by Crippen LogP contribution is -2.47. The third kappa shape index (κ3) is 2.48. The maximum Gasteiger partial charge on any atom is 0.0886 e. The molecule has 0 spiro atoms. The van der Waals surface area contributed by atoms with Crippen LogP contribution in [0.2, 0.25) is 0 Å². The summed E-state index contributed by atoms with van der Waals surface area (Å²) in [6.07, 6.45) is 5.77. The molecule has 0 amide bonds. The van der Waals surface area contributed by atoms with Gasteiger partial charge >= 0.3 is 0 Å². The number of nitrogens with zero attached hydrogens (tertiary/aromatic N) is 1. The molecule has 1 nitrogen and oxygen atoms in total. The van der Waals surface area contributed by atoms with Gasteiger partial charge in [-0.3, -0.25) is 0 Å². The zero-order valence-corrected chi connectivity index (χ0v) is 8.43. The van der Waals surface area contributed by atoms with Crippen molar-refractivity contribution >= 4 is 0 Å². The van der Waals surface area contributed by atoms with Crippen molar-refractivity contribution in [3.05, 3.63) is 0 Å². The molecule has 2 unspecified atom stereocenters. The zero-order chi connectivity index (χ0) is 8.48. The van der Waals surface area contributed by atoms with E-state index in [0.717, 1.165) is 16.4 Å². The van der Waals surface area contributed by atoms with E-state index in [-0.39, 0.29) is 0 Å². The van der Waals surface area contributed by atoms with Crippen LogP contribution < -0.4 is 0 Å². The van der Waals surface area contributed by atoms with Crippen LogP contribution in [0.3, 0.4) is 0 Å². The van der Waals surface area contributed by atoms with E-state index in [1.807, 2.05) is 0 Å². The molecule has 0 aromatic heterocycles. The molecule has 11 heavy (non-hydrogen) atoms. The smallest absolute Gasteiger partial charge is 0.0886 e. The van der Waals surface area contributed by atoms with Crippen molar-refractivity contribution in [1.29, 1.82) is 0 Å². The van der Waals surface area contributed by atoms with Gasteiger partial charge in [0.25, 0.3) is 0 Å². The van der Waals surface area contributed by atoms with Crippen LogP contribution in [0.4, 0.5) is 0 Å². The summed E-state index contributed by atoms with van der Waals surface area (Å²) in [7, 11) is 6.97. The summed E-state index contributed by atoms with van der Waals surface area (Å²) in [6.45, 7) is 2.39. The third-order valence-corrected chi connectivity index (χ3v) is 3.00. The van der Waals surface area contributed by atoms with E-state index < -0.39 is 0 Å². The van der Waals surface area contributed by atoms with E-state index in [2.05, 4.69) is 28.1 Å². The lowest BCUT2D eigenvalue weighted by molar-refractivity contribution is -0.897. The largest absolute Gasteiger partial charge is 0.328 e. The molecular formula is C10H22N+. The van der Waals surface area contributed by atoms with Crippen LogP contribution in [0.1, 0.15) is 32.6 Å². The maximum atomic E-state index is 2.39. The Morgan fingerprint density at radius 2 is 1.73 bits per heavy atom. The van der Waals surface area contributed by atoms with Gasteiger partial charge in [-0.15, -0.1) is 0 Å². The SMILES string of the molecule is CC1CCCC([N+](C)(C)C)C1.